The molecule has 0 saturated heterocycles. The quantitative estimate of drug-likeness (QED) is 0.885. The normalized spacial score (nSPS) is 10.2. The lowest BCUT2D eigenvalue weighted by Gasteiger charge is -2.03. The summed E-state index contributed by atoms with van der Waals surface area (Å²) in [6, 6.07) is 4.04. The van der Waals surface area contributed by atoms with Crippen LogP contribution in [-0.4, -0.2) is 23.2 Å². The fraction of sp³-hybridized carbons (Fsp3) is 0.0909. The lowest BCUT2D eigenvalue weighted by atomic mass is 10.1. The van der Waals surface area contributed by atoms with Crippen LogP contribution in [0, 0.1) is 5.82 Å². The van der Waals surface area contributed by atoms with Gasteiger partial charge >= 0.3 is 5.97 Å². The number of hydrogen-bond acceptors (Lipinski definition) is 4. The van der Waals surface area contributed by atoms with Gasteiger partial charge in [-0.2, -0.15) is 0 Å². The smallest absolute Gasteiger partial charge is 0.374 e. The molecule has 88 valence electrons. The topological polar surface area (TPSA) is 72.6 Å². The molecule has 0 spiro atoms. The van der Waals surface area contributed by atoms with Crippen molar-refractivity contribution in [3.8, 4) is 17.0 Å². The Kier molecular flexibility index (Phi) is 2.78. The monoisotopic (exact) mass is 237 g/mol. The highest BCUT2D eigenvalue weighted by molar-refractivity contribution is 5.91. The third-order valence-electron chi connectivity index (χ3n) is 2.19. The van der Waals surface area contributed by atoms with Gasteiger partial charge in [-0.15, -0.1) is 0 Å². The van der Waals surface area contributed by atoms with E-state index in [1.54, 1.807) is 0 Å². The van der Waals surface area contributed by atoms with Crippen LogP contribution in [0.5, 0.6) is 5.75 Å². The second-order valence-corrected chi connectivity index (χ2v) is 3.18. The van der Waals surface area contributed by atoms with E-state index >= 15 is 0 Å². The van der Waals surface area contributed by atoms with Gasteiger partial charge in [0.25, 0.3) is 0 Å². The van der Waals surface area contributed by atoms with Gasteiger partial charge in [0.1, 0.15) is 5.69 Å². The number of methoxy groups -OCH3 is 1. The van der Waals surface area contributed by atoms with Crippen molar-refractivity contribution in [1.82, 2.24) is 4.98 Å². The Bertz CT molecular complexity index is 564. The van der Waals surface area contributed by atoms with E-state index in [-0.39, 0.29) is 17.2 Å². The number of carboxylic acids is 1. The Morgan fingerprint density at radius 1 is 1.53 bits per heavy atom. The van der Waals surface area contributed by atoms with E-state index in [4.69, 9.17) is 14.3 Å². The van der Waals surface area contributed by atoms with Gasteiger partial charge in [-0.05, 0) is 18.2 Å². The van der Waals surface area contributed by atoms with Crippen molar-refractivity contribution in [1.29, 1.82) is 0 Å². The maximum Gasteiger partial charge on any atom is 0.374 e. The molecule has 0 bridgehead atoms. The van der Waals surface area contributed by atoms with Crippen molar-refractivity contribution in [3.63, 3.8) is 0 Å². The average molecular weight is 237 g/mol. The number of nitrogens with zero attached hydrogens (tertiary/aromatic N) is 1. The molecule has 0 amide bonds. The Balaban J connectivity index is 2.50. The van der Waals surface area contributed by atoms with Crippen molar-refractivity contribution in [3.05, 3.63) is 36.2 Å². The molecular weight excluding hydrogens is 229 g/mol. The number of aromatic carboxylic acids is 1. The number of ether oxygens (including phenoxy) is 1. The Hall–Kier alpha value is -2.37. The molecule has 1 aromatic heterocycles. The summed E-state index contributed by atoms with van der Waals surface area (Å²) in [7, 11) is 1.34. The van der Waals surface area contributed by atoms with Crippen molar-refractivity contribution in [2.75, 3.05) is 7.11 Å². The second kappa shape index (κ2) is 4.25. The van der Waals surface area contributed by atoms with Crippen LogP contribution in [0.4, 0.5) is 4.39 Å². The number of carboxylic acid groups (broad SMARTS) is 1. The Morgan fingerprint density at radius 2 is 2.29 bits per heavy atom. The highest BCUT2D eigenvalue weighted by Gasteiger charge is 2.18. The predicted molar refractivity (Wildman–Crippen MR) is 55.4 cm³/mol. The van der Waals surface area contributed by atoms with Crippen LogP contribution in [-0.2, 0) is 0 Å². The SMILES string of the molecule is COc1ccc(-c2ncoc2C(=O)O)cc1F. The number of hydrogen-bond donors (Lipinski definition) is 1. The number of aromatic nitrogens is 1. The Morgan fingerprint density at radius 3 is 2.88 bits per heavy atom. The molecule has 6 heteroatoms. The van der Waals surface area contributed by atoms with Crippen LogP contribution in [0.15, 0.2) is 29.0 Å². The van der Waals surface area contributed by atoms with E-state index < -0.39 is 11.8 Å². The van der Waals surface area contributed by atoms with Crippen LogP contribution in [0.1, 0.15) is 10.6 Å². The van der Waals surface area contributed by atoms with E-state index in [2.05, 4.69) is 4.98 Å². The molecule has 0 aliphatic rings. The first-order valence-corrected chi connectivity index (χ1v) is 4.64. The molecule has 0 radical (unpaired) electrons. The summed E-state index contributed by atoms with van der Waals surface area (Å²) in [5, 5.41) is 8.83. The zero-order valence-electron chi connectivity index (χ0n) is 8.81. The number of rotatable bonds is 3. The van der Waals surface area contributed by atoms with E-state index in [1.165, 1.54) is 19.2 Å². The average Bonchev–Trinajstić information content (AvgIpc) is 2.77. The van der Waals surface area contributed by atoms with Gasteiger partial charge in [0.15, 0.2) is 18.0 Å². The summed E-state index contributed by atoms with van der Waals surface area (Å²) in [5.74, 6) is -2.10. The summed E-state index contributed by atoms with van der Waals surface area (Å²) < 4.78 is 22.9. The van der Waals surface area contributed by atoms with Crippen molar-refractivity contribution in [2.24, 2.45) is 0 Å². The highest BCUT2D eigenvalue weighted by atomic mass is 19.1. The number of benzene rings is 1. The molecule has 17 heavy (non-hydrogen) atoms. The summed E-state index contributed by atoms with van der Waals surface area (Å²) in [4.78, 5) is 14.6. The lowest BCUT2D eigenvalue weighted by Crippen LogP contribution is -1.97. The van der Waals surface area contributed by atoms with Crippen LogP contribution in [0.3, 0.4) is 0 Å². The molecule has 1 heterocycles. The molecule has 2 rings (SSSR count). The van der Waals surface area contributed by atoms with E-state index in [0.29, 0.717) is 5.56 Å². The van der Waals surface area contributed by atoms with Crippen molar-refractivity contribution >= 4 is 5.97 Å². The van der Waals surface area contributed by atoms with Gasteiger partial charge in [-0.25, -0.2) is 14.2 Å². The first kappa shape index (κ1) is 11.1. The minimum absolute atomic E-state index is 0.0779. The molecule has 0 saturated carbocycles. The molecule has 5 nitrogen and oxygen atoms in total. The zero-order chi connectivity index (χ0) is 12.4. The third-order valence-corrected chi connectivity index (χ3v) is 2.19. The molecule has 0 unspecified atom stereocenters. The fourth-order valence-electron chi connectivity index (χ4n) is 1.42. The largest absolute Gasteiger partial charge is 0.494 e. The first-order chi connectivity index (χ1) is 8.13. The zero-order valence-corrected chi connectivity index (χ0v) is 8.81. The van der Waals surface area contributed by atoms with Gasteiger partial charge in [-0.1, -0.05) is 0 Å². The predicted octanol–water partition coefficient (Wildman–Crippen LogP) is 2.19. The van der Waals surface area contributed by atoms with Crippen LogP contribution in [0.25, 0.3) is 11.3 Å². The van der Waals surface area contributed by atoms with Crippen molar-refractivity contribution in [2.45, 2.75) is 0 Å². The third kappa shape index (κ3) is 1.96. The molecule has 2 aromatic rings. The standard InChI is InChI=1S/C11H8FNO4/c1-16-8-3-2-6(4-7(8)12)9-10(11(14)15)17-5-13-9/h2-5H,1H3,(H,14,15). The molecule has 0 atom stereocenters. The van der Waals surface area contributed by atoms with Crippen LogP contribution in [0.2, 0.25) is 0 Å². The van der Waals surface area contributed by atoms with Gasteiger partial charge in [0.2, 0.25) is 5.76 Å². The van der Waals surface area contributed by atoms with Crippen molar-refractivity contribution < 1.29 is 23.4 Å². The minimum Gasteiger partial charge on any atom is -0.494 e. The van der Waals surface area contributed by atoms with E-state index in [9.17, 15) is 9.18 Å². The molecule has 0 aliphatic heterocycles. The lowest BCUT2D eigenvalue weighted by molar-refractivity contribution is 0.0663. The molecule has 1 aromatic carbocycles. The van der Waals surface area contributed by atoms with E-state index in [0.717, 1.165) is 12.5 Å². The van der Waals surface area contributed by atoms with Crippen LogP contribution >= 0.6 is 0 Å². The summed E-state index contributed by atoms with van der Waals surface area (Å²) in [5.41, 5.74) is 0.397. The molecule has 0 fully saturated rings. The Labute approximate surface area is 95.5 Å². The minimum atomic E-state index is -1.26. The first-order valence-electron chi connectivity index (χ1n) is 4.64. The van der Waals surface area contributed by atoms with Gasteiger partial charge in [0.05, 0.1) is 7.11 Å². The second-order valence-electron chi connectivity index (χ2n) is 3.18. The van der Waals surface area contributed by atoms with Crippen LogP contribution < -0.4 is 4.74 Å². The molecule has 1 N–H and O–H groups in total. The van der Waals surface area contributed by atoms with E-state index in [1.807, 2.05) is 0 Å². The van der Waals surface area contributed by atoms with Gasteiger partial charge < -0.3 is 14.3 Å². The summed E-state index contributed by atoms with van der Waals surface area (Å²) >= 11 is 0. The maximum absolute atomic E-state index is 13.4. The van der Waals surface area contributed by atoms with Gasteiger partial charge in [0, 0.05) is 5.56 Å². The summed E-state index contributed by atoms with van der Waals surface area (Å²) in [6.07, 6.45) is 1.00. The molecular formula is C11H8FNO4. The molecule has 0 aliphatic carbocycles. The maximum atomic E-state index is 13.4. The highest BCUT2D eigenvalue weighted by Crippen LogP contribution is 2.26. The number of oxazole rings is 1. The fourth-order valence-corrected chi connectivity index (χ4v) is 1.42. The number of carbonyl (C=O) groups is 1. The van der Waals surface area contributed by atoms with Gasteiger partial charge in [-0.3, -0.25) is 0 Å². The summed E-state index contributed by atoms with van der Waals surface area (Å²) in [6.45, 7) is 0. The number of halogens is 1.